The smallest absolute Gasteiger partial charge is 0.222 e. The molecule has 1 aliphatic heterocycles. The van der Waals surface area contributed by atoms with Crippen molar-refractivity contribution in [1.82, 2.24) is 4.90 Å². The first-order valence-corrected chi connectivity index (χ1v) is 6.52. The topological polar surface area (TPSA) is 46.3 Å². The van der Waals surface area contributed by atoms with Crippen LogP contribution in [0, 0.1) is 11.3 Å². The van der Waals surface area contributed by atoms with E-state index in [2.05, 4.69) is 13.8 Å². The van der Waals surface area contributed by atoms with Gasteiger partial charge in [-0.2, -0.15) is 0 Å². The van der Waals surface area contributed by atoms with Crippen LogP contribution in [0.25, 0.3) is 0 Å². The fourth-order valence-electron chi connectivity index (χ4n) is 2.48. The number of carbonyl (C=O) groups is 1. The number of hydrogen-bond donors (Lipinski definition) is 1. The zero-order chi connectivity index (χ0) is 11.8. The zero-order valence-electron chi connectivity index (χ0n) is 10.5. The fourth-order valence-corrected chi connectivity index (χ4v) is 2.48. The summed E-state index contributed by atoms with van der Waals surface area (Å²) in [7, 11) is 0. The van der Waals surface area contributed by atoms with Crippen molar-refractivity contribution in [2.45, 2.75) is 52.0 Å². The highest BCUT2D eigenvalue weighted by Crippen LogP contribution is 2.34. The number of piperidine rings is 1. The van der Waals surface area contributed by atoms with Crippen LogP contribution in [0.15, 0.2) is 0 Å². The number of nitrogens with two attached hydrogens (primary N) is 1. The highest BCUT2D eigenvalue weighted by Gasteiger charge is 2.35. The van der Waals surface area contributed by atoms with Gasteiger partial charge >= 0.3 is 0 Å². The van der Waals surface area contributed by atoms with Crippen LogP contribution in [0.3, 0.4) is 0 Å². The van der Waals surface area contributed by atoms with E-state index in [1.165, 1.54) is 12.8 Å². The summed E-state index contributed by atoms with van der Waals surface area (Å²) in [5.41, 5.74) is 6.15. The molecule has 1 saturated carbocycles. The maximum atomic E-state index is 12.0. The fraction of sp³-hybridized carbons (Fsp3) is 0.923. The van der Waals surface area contributed by atoms with Crippen molar-refractivity contribution in [3.8, 4) is 0 Å². The van der Waals surface area contributed by atoms with Crippen LogP contribution in [-0.2, 0) is 4.79 Å². The molecule has 2 N–H and O–H groups in total. The van der Waals surface area contributed by atoms with Crippen molar-refractivity contribution in [3.63, 3.8) is 0 Å². The lowest BCUT2D eigenvalue weighted by atomic mass is 9.79. The highest BCUT2D eigenvalue weighted by molar-refractivity contribution is 5.76. The van der Waals surface area contributed by atoms with Gasteiger partial charge in [0.1, 0.15) is 0 Å². The summed E-state index contributed by atoms with van der Waals surface area (Å²) in [6.07, 6.45) is 5.47. The van der Waals surface area contributed by atoms with E-state index in [0.29, 0.717) is 5.91 Å². The number of amides is 1. The van der Waals surface area contributed by atoms with E-state index < -0.39 is 0 Å². The molecule has 1 atom stereocenters. The van der Waals surface area contributed by atoms with Gasteiger partial charge in [-0.1, -0.05) is 26.7 Å². The maximum absolute atomic E-state index is 12.0. The molecule has 1 saturated heterocycles. The van der Waals surface area contributed by atoms with Crippen LogP contribution in [0.1, 0.15) is 46.0 Å². The second-order valence-electron chi connectivity index (χ2n) is 6.18. The third-order valence-electron chi connectivity index (χ3n) is 4.13. The van der Waals surface area contributed by atoms with Crippen molar-refractivity contribution in [2.75, 3.05) is 13.1 Å². The molecule has 1 aliphatic carbocycles. The van der Waals surface area contributed by atoms with E-state index in [-0.39, 0.29) is 11.5 Å². The number of likely N-dealkylation sites (tertiary alicyclic amines) is 1. The average Bonchev–Trinajstić information content (AvgIpc) is 3.02. The molecule has 1 unspecified atom stereocenters. The number of nitrogens with zero attached hydrogens (tertiary/aromatic N) is 1. The summed E-state index contributed by atoms with van der Waals surface area (Å²) >= 11 is 0. The van der Waals surface area contributed by atoms with E-state index in [1.54, 1.807) is 0 Å². The summed E-state index contributed by atoms with van der Waals surface area (Å²) in [5.74, 6) is 1.19. The third kappa shape index (κ3) is 2.76. The van der Waals surface area contributed by atoms with Gasteiger partial charge in [-0.3, -0.25) is 4.79 Å². The molecule has 92 valence electrons. The molecule has 0 aromatic carbocycles. The van der Waals surface area contributed by atoms with E-state index >= 15 is 0 Å². The Morgan fingerprint density at radius 3 is 2.62 bits per heavy atom. The van der Waals surface area contributed by atoms with Gasteiger partial charge in [0.15, 0.2) is 0 Å². The quantitative estimate of drug-likeness (QED) is 0.794. The van der Waals surface area contributed by atoms with E-state index in [4.69, 9.17) is 5.73 Å². The van der Waals surface area contributed by atoms with E-state index in [9.17, 15) is 4.79 Å². The molecular formula is C13H24N2O. The summed E-state index contributed by atoms with van der Waals surface area (Å²) in [4.78, 5) is 14.0. The molecule has 16 heavy (non-hydrogen) atoms. The second kappa shape index (κ2) is 4.36. The van der Waals surface area contributed by atoms with Gasteiger partial charge in [0, 0.05) is 25.6 Å². The van der Waals surface area contributed by atoms with Crippen LogP contribution < -0.4 is 5.73 Å². The molecule has 2 fully saturated rings. The van der Waals surface area contributed by atoms with Crippen LogP contribution in [0.2, 0.25) is 0 Å². The van der Waals surface area contributed by atoms with Gasteiger partial charge in [0.05, 0.1) is 0 Å². The standard InChI is InChI=1S/C13H24N2O/c1-13(2)9-15(8-7-11(13)14)12(16)6-5-10-3-4-10/h10-11H,3-9,14H2,1-2H3. The maximum Gasteiger partial charge on any atom is 0.222 e. The molecule has 2 aliphatic rings. The lowest BCUT2D eigenvalue weighted by molar-refractivity contribution is -0.134. The Balaban J connectivity index is 1.82. The van der Waals surface area contributed by atoms with Gasteiger partial charge < -0.3 is 10.6 Å². The molecular weight excluding hydrogens is 200 g/mol. The molecule has 3 heteroatoms. The zero-order valence-corrected chi connectivity index (χ0v) is 10.5. The summed E-state index contributed by atoms with van der Waals surface area (Å²) in [6, 6.07) is 0.236. The minimum Gasteiger partial charge on any atom is -0.342 e. The van der Waals surface area contributed by atoms with E-state index in [1.807, 2.05) is 4.90 Å². The van der Waals surface area contributed by atoms with E-state index in [0.717, 1.165) is 38.3 Å². The van der Waals surface area contributed by atoms with Gasteiger partial charge in [0.2, 0.25) is 5.91 Å². The molecule has 3 nitrogen and oxygen atoms in total. The summed E-state index contributed by atoms with van der Waals surface area (Å²) < 4.78 is 0. The molecule has 0 aromatic rings. The van der Waals surface area contributed by atoms with Gasteiger partial charge in [-0.15, -0.1) is 0 Å². The predicted molar refractivity (Wildman–Crippen MR) is 64.9 cm³/mol. The predicted octanol–water partition coefficient (Wildman–Crippen LogP) is 1.76. The van der Waals surface area contributed by atoms with Crippen LogP contribution in [-0.4, -0.2) is 29.9 Å². The van der Waals surface area contributed by atoms with Crippen molar-refractivity contribution in [3.05, 3.63) is 0 Å². The Morgan fingerprint density at radius 2 is 2.06 bits per heavy atom. The van der Waals surface area contributed by atoms with Crippen molar-refractivity contribution < 1.29 is 4.79 Å². The Kier molecular flexibility index (Phi) is 3.24. The van der Waals surface area contributed by atoms with Crippen LogP contribution >= 0.6 is 0 Å². The second-order valence-corrected chi connectivity index (χ2v) is 6.18. The Morgan fingerprint density at radius 1 is 1.38 bits per heavy atom. The average molecular weight is 224 g/mol. The molecule has 0 aromatic heterocycles. The van der Waals surface area contributed by atoms with Gasteiger partial charge in [0.25, 0.3) is 0 Å². The molecule has 0 spiro atoms. The largest absolute Gasteiger partial charge is 0.342 e. The Labute approximate surface area is 98.4 Å². The number of rotatable bonds is 3. The molecule has 1 heterocycles. The number of carbonyl (C=O) groups excluding carboxylic acids is 1. The first-order chi connectivity index (χ1) is 7.49. The van der Waals surface area contributed by atoms with Crippen molar-refractivity contribution in [2.24, 2.45) is 17.1 Å². The third-order valence-corrected chi connectivity index (χ3v) is 4.13. The minimum absolute atomic E-state index is 0.0769. The van der Waals surface area contributed by atoms with Gasteiger partial charge in [-0.05, 0) is 24.2 Å². The number of hydrogen-bond acceptors (Lipinski definition) is 2. The Bertz CT molecular complexity index is 271. The van der Waals surface area contributed by atoms with Crippen molar-refractivity contribution in [1.29, 1.82) is 0 Å². The molecule has 0 radical (unpaired) electrons. The summed E-state index contributed by atoms with van der Waals surface area (Å²) in [5, 5.41) is 0. The first kappa shape index (κ1) is 11.9. The van der Waals surface area contributed by atoms with Crippen LogP contribution in [0.4, 0.5) is 0 Å². The monoisotopic (exact) mass is 224 g/mol. The lowest BCUT2D eigenvalue weighted by Gasteiger charge is -2.42. The lowest BCUT2D eigenvalue weighted by Crippen LogP contribution is -2.53. The summed E-state index contributed by atoms with van der Waals surface area (Å²) in [6.45, 7) is 6.02. The van der Waals surface area contributed by atoms with Gasteiger partial charge in [-0.25, -0.2) is 0 Å². The van der Waals surface area contributed by atoms with Crippen molar-refractivity contribution >= 4 is 5.91 Å². The SMILES string of the molecule is CC1(C)CN(C(=O)CCC2CC2)CCC1N. The van der Waals surface area contributed by atoms with Crippen LogP contribution in [0.5, 0.6) is 0 Å². The molecule has 0 bridgehead atoms. The Hall–Kier alpha value is -0.570. The highest BCUT2D eigenvalue weighted by atomic mass is 16.2. The first-order valence-electron chi connectivity index (χ1n) is 6.52. The molecule has 1 amide bonds. The molecule has 2 rings (SSSR count). The normalized spacial score (nSPS) is 29.2. The minimum atomic E-state index is 0.0769.